The first-order chi connectivity index (χ1) is 9.63. The molecule has 2 rings (SSSR count). The highest BCUT2D eigenvalue weighted by Gasteiger charge is 2.32. The summed E-state index contributed by atoms with van der Waals surface area (Å²) in [5.74, 6) is -0.116. The van der Waals surface area contributed by atoms with Gasteiger partial charge in [0.2, 0.25) is 0 Å². The zero-order chi connectivity index (χ0) is 14.5. The Morgan fingerprint density at radius 3 is 2.65 bits per heavy atom. The Morgan fingerprint density at radius 2 is 2.10 bits per heavy atom. The van der Waals surface area contributed by atoms with Crippen molar-refractivity contribution >= 4 is 17.7 Å². The average Bonchev–Trinajstić information content (AvgIpc) is 2.48. The van der Waals surface area contributed by atoms with E-state index in [0.29, 0.717) is 5.92 Å². The molecule has 0 amide bonds. The lowest BCUT2D eigenvalue weighted by Gasteiger charge is -2.37. The zero-order valence-corrected chi connectivity index (χ0v) is 13.0. The van der Waals surface area contributed by atoms with Gasteiger partial charge in [-0.1, -0.05) is 25.5 Å². The maximum atomic E-state index is 11.5. The lowest BCUT2D eigenvalue weighted by atomic mass is 9.88. The van der Waals surface area contributed by atoms with Crippen molar-refractivity contribution in [2.24, 2.45) is 5.92 Å². The van der Waals surface area contributed by atoms with E-state index in [9.17, 15) is 9.90 Å². The highest BCUT2D eigenvalue weighted by Crippen LogP contribution is 2.27. The van der Waals surface area contributed by atoms with Gasteiger partial charge < -0.3 is 5.11 Å². The fourth-order valence-electron chi connectivity index (χ4n) is 2.87. The van der Waals surface area contributed by atoms with E-state index in [4.69, 9.17) is 0 Å². The monoisotopic (exact) mass is 293 g/mol. The van der Waals surface area contributed by atoms with Crippen molar-refractivity contribution in [2.45, 2.75) is 43.7 Å². The van der Waals surface area contributed by atoms with Crippen LogP contribution in [-0.4, -0.2) is 34.8 Å². The quantitative estimate of drug-likeness (QED) is 0.844. The summed E-state index contributed by atoms with van der Waals surface area (Å²) in [4.78, 5) is 14.8. The van der Waals surface area contributed by atoms with E-state index in [2.05, 4.69) is 42.3 Å². The number of nitrogens with zero attached hydrogens (tertiary/aromatic N) is 1. The largest absolute Gasteiger partial charge is 0.480 e. The number of rotatable bonds is 5. The molecule has 1 fully saturated rings. The molecule has 3 nitrogen and oxygen atoms in total. The summed E-state index contributed by atoms with van der Waals surface area (Å²) in [5, 5.41) is 9.44. The second-order valence-corrected chi connectivity index (χ2v) is 6.35. The van der Waals surface area contributed by atoms with Crippen molar-refractivity contribution in [2.75, 3.05) is 12.8 Å². The Labute approximate surface area is 125 Å². The number of benzene rings is 1. The number of carboxylic acids is 1. The van der Waals surface area contributed by atoms with Gasteiger partial charge in [0, 0.05) is 11.4 Å². The number of hydrogen-bond acceptors (Lipinski definition) is 3. The number of aliphatic carboxylic acids is 1. The van der Waals surface area contributed by atoms with Crippen LogP contribution in [0.15, 0.2) is 29.2 Å². The molecule has 0 saturated carbocycles. The molecule has 1 saturated heterocycles. The van der Waals surface area contributed by atoms with Crippen LogP contribution in [0.3, 0.4) is 0 Å². The van der Waals surface area contributed by atoms with E-state index in [1.54, 1.807) is 11.8 Å². The molecule has 1 aromatic carbocycles. The van der Waals surface area contributed by atoms with Crippen LogP contribution < -0.4 is 0 Å². The molecular formula is C16H23NO2S. The number of piperidine rings is 1. The summed E-state index contributed by atoms with van der Waals surface area (Å²) in [5.41, 5.74) is 1.20. The fraction of sp³-hybridized carbons (Fsp3) is 0.562. The number of carbonyl (C=O) groups is 1. The summed E-state index contributed by atoms with van der Waals surface area (Å²) < 4.78 is 0. The van der Waals surface area contributed by atoms with Crippen LogP contribution in [0.4, 0.5) is 0 Å². The number of likely N-dealkylation sites (tertiary alicyclic amines) is 1. The molecule has 0 bridgehead atoms. The Bertz CT molecular complexity index is 446. The minimum atomic E-state index is -0.677. The van der Waals surface area contributed by atoms with Crippen molar-refractivity contribution in [3.05, 3.63) is 29.8 Å². The van der Waals surface area contributed by atoms with Gasteiger partial charge >= 0.3 is 5.97 Å². The summed E-state index contributed by atoms with van der Waals surface area (Å²) in [6.07, 6.45) is 5.04. The first-order valence-electron chi connectivity index (χ1n) is 7.23. The minimum Gasteiger partial charge on any atom is -0.480 e. The van der Waals surface area contributed by atoms with Gasteiger partial charge in [0.15, 0.2) is 0 Å². The third-order valence-electron chi connectivity index (χ3n) is 4.23. The van der Waals surface area contributed by atoms with Crippen molar-refractivity contribution < 1.29 is 9.90 Å². The summed E-state index contributed by atoms with van der Waals surface area (Å²) in [6, 6.07) is 8.10. The molecule has 2 unspecified atom stereocenters. The average molecular weight is 293 g/mol. The van der Waals surface area contributed by atoms with Gasteiger partial charge in [0.25, 0.3) is 0 Å². The molecule has 1 aliphatic rings. The van der Waals surface area contributed by atoms with Gasteiger partial charge in [0.1, 0.15) is 6.04 Å². The Balaban J connectivity index is 2.04. The topological polar surface area (TPSA) is 40.5 Å². The molecular weight excluding hydrogens is 270 g/mol. The van der Waals surface area contributed by atoms with Gasteiger partial charge in [-0.25, -0.2) is 0 Å². The van der Waals surface area contributed by atoms with E-state index in [1.807, 2.05) is 0 Å². The van der Waals surface area contributed by atoms with Crippen molar-refractivity contribution in [3.8, 4) is 0 Å². The third-order valence-corrected chi connectivity index (χ3v) is 4.97. The standard InChI is InChI=1S/C16H23NO2S/c1-3-12-8-9-17(15(10-12)16(18)19)11-13-4-6-14(20-2)7-5-13/h4-7,12,15H,3,8-11H2,1-2H3,(H,18,19). The molecule has 4 heteroatoms. The molecule has 1 heterocycles. The van der Waals surface area contributed by atoms with Crippen LogP contribution in [0.1, 0.15) is 31.7 Å². The van der Waals surface area contributed by atoms with Crippen LogP contribution in [0.5, 0.6) is 0 Å². The van der Waals surface area contributed by atoms with Gasteiger partial charge in [-0.15, -0.1) is 11.8 Å². The Kier molecular flexibility index (Phi) is 5.49. The minimum absolute atomic E-state index is 0.325. The van der Waals surface area contributed by atoms with E-state index >= 15 is 0 Å². The van der Waals surface area contributed by atoms with Crippen molar-refractivity contribution in [1.82, 2.24) is 4.90 Å². The first kappa shape index (κ1) is 15.4. The molecule has 0 aliphatic carbocycles. The second kappa shape index (κ2) is 7.14. The maximum absolute atomic E-state index is 11.5. The lowest BCUT2D eigenvalue weighted by Crippen LogP contribution is -2.46. The summed E-state index contributed by atoms with van der Waals surface area (Å²) >= 11 is 1.72. The van der Waals surface area contributed by atoms with Crippen LogP contribution in [0.2, 0.25) is 0 Å². The van der Waals surface area contributed by atoms with E-state index in [-0.39, 0.29) is 6.04 Å². The number of hydrogen-bond donors (Lipinski definition) is 1. The van der Waals surface area contributed by atoms with Crippen molar-refractivity contribution in [1.29, 1.82) is 0 Å². The van der Waals surface area contributed by atoms with Crippen LogP contribution >= 0.6 is 11.8 Å². The number of thioether (sulfide) groups is 1. The molecule has 1 aromatic rings. The Hall–Kier alpha value is -1.00. The smallest absolute Gasteiger partial charge is 0.320 e. The maximum Gasteiger partial charge on any atom is 0.320 e. The normalized spacial score (nSPS) is 23.7. The molecule has 110 valence electrons. The predicted molar refractivity (Wildman–Crippen MR) is 83.1 cm³/mol. The van der Waals surface area contributed by atoms with Crippen LogP contribution in [0, 0.1) is 5.92 Å². The SMILES string of the molecule is CCC1CCN(Cc2ccc(SC)cc2)C(C(=O)O)C1. The predicted octanol–water partition coefficient (Wildman–Crippen LogP) is 3.48. The molecule has 0 radical (unpaired) electrons. The molecule has 0 aromatic heterocycles. The Morgan fingerprint density at radius 1 is 1.40 bits per heavy atom. The molecule has 2 atom stereocenters. The molecule has 0 spiro atoms. The van der Waals surface area contributed by atoms with Crippen molar-refractivity contribution in [3.63, 3.8) is 0 Å². The molecule has 1 N–H and O–H groups in total. The van der Waals surface area contributed by atoms with Gasteiger partial charge in [-0.2, -0.15) is 0 Å². The van der Waals surface area contributed by atoms with Gasteiger partial charge in [-0.3, -0.25) is 9.69 Å². The van der Waals surface area contributed by atoms with Crippen LogP contribution in [0.25, 0.3) is 0 Å². The summed E-state index contributed by atoms with van der Waals surface area (Å²) in [7, 11) is 0. The third kappa shape index (κ3) is 3.76. The second-order valence-electron chi connectivity index (χ2n) is 5.47. The highest BCUT2D eigenvalue weighted by atomic mass is 32.2. The number of carboxylic acid groups (broad SMARTS) is 1. The van der Waals surface area contributed by atoms with Crippen LogP contribution in [-0.2, 0) is 11.3 Å². The van der Waals surface area contributed by atoms with E-state index in [0.717, 1.165) is 32.4 Å². The first-order valence-corrected chi connectivity index (χ1v) is 8.46. The summed E-state index contributed by atoms with van der Waals surface area (Å²) in [6.45, 7) is 3.78. The molecule has 1 aliphatic heterocycles. The molecule has 20 heavy (non-hydrogen) atoms. The zero-order valence-electron chi connectivity index (χ0n) is 12.2. The van der Waals surface area contributed by atoms with Gasteiger partial charge in [0.05, 0.1) is 0 Å². The lowest BCUT2D eigenvalue weighted by molar-refractivity contribution is -0.145. The fourth-order valence-corrected chi connectivity index (χ4v) is 3.28. The highest BCUT2D eigenvalue weighted by molar-refractivity contribution is 7.98. The van der Waals surface area contributed by atoms with E-state index < -0.39 is 5.97 Å². The van der Waals surface area contributed by atoms with Gasteiger partial charge in [-0.05, 0) is 49.3 Å². The van der Waals surface area contributed by atoms with E-state index in [1.165, 1.54) is 10.5 Å².